The molecule has 0 spiro atoms. The summed E-state index contributed by atoms with van der Waals surface area (Å²) in [5, 5.41) is 1.27. The molecule has 0 aliphatic heterocycles. The van der Waals surface area contributed by atoms with Gasteiger partial charge >= 0.3 is 16.3 Å². The van der Waals surface area contributed by atoms with Crippen molar-refractivity contribution in [2.24, 2.45) is 0 Å². The van der Waals surface area contributed by atoms with Crippen molar-refractivity contribution in [2.45, 2.75) is 26.4 Å². The second-order valence-electron chi connectivity index (χ2n) is 4.79. The Labute approximate surface area is 136 Å². The van der Waals surface area contributed by atoms with Gasteiger partial charge in [-0.3, -0.25) is 0 Å². The first-order valence-corrected chi connectivity index (χ1v) is 9.33. The van der Waals surface area contributed by atoms with Crippen LogP contribution >= 0.6 is 11.3 Å². The van der Waals surface area contributed by atoms with Crippen molar-refractivity contribution >= 4 is 21.5 Å². The Bertz CT molecular complexity index is 775. The van der Waals surface area contributed by atoms with Gasteiger partial charge in [-0.25, -0.2) is 0 Å². The van der Waals surface area contributed by atoms with E-state index in [0.717, 1.165) is 12.0 Å². The van der Waals surface area contributed by atoms with Gasteiger partial charge in [0.25, 0.3) is 0 Å². The zero-order valence-electron chi connectivity index (χ0n) is 12.5. The SMILES string of the molecule is CCc1ccc(-c2csc(C(F)(F)F)c2OS(=O)(=O)CC)cc1. The van der Waals surface area contributed by atoms with Gasteiger partial charge in [-0.2, -0.15) is 21.6 Å². The van der Waals surface area contributed by atoms with Gasteiger partial charge in [0.15, 0.2) is 10.6 Å². The maximum Gasteiger partial charge on any atom is 0.429 e. The molecule has 1 aromatic heterocycles. The molecule has 0 radical (unpaired) electrons. The molecule has 0 saturated carbocycles. The Balaban J connectivity index is 2.57. The first kappa shape index (κ1) is 17.8. The van der Waals surface area contributed by atoms with Gasteiger partial charge in [0.1, 0.15) is 0 Å². The summed E-state index contributed by atoms with van der Waals surface area (Å²) in [7, 11) is -4.06. The van der Waals surface area contributed by atoms with E-state index in [1.165, 1.54) is 12.3 Å². The fourth-order valence-electron chi connectivity index (χ4n) is 1.93. The predicted octanol–water partition coefficient (Wildman–Crippen LogP) is 4.72. The van der Waals surface area contributed by atoms with E-state index in [1.54, 1.807) is 24.3 Å². The summed E-state index contributed by atoms with van der Waals surface area (Å²) in [5.74, 6) is -1.05. The van der Waals surface area contributed by atoms with Crippen LogP contribution in [0, 0.1) is 0 Å². The van der Waals surface area contributed by atoms with Crippen LogP contribution in [-0.2, 0) is 22.7 Å². The van der Waals surface area contributed by atoms with Gasteiger partial charge in [-0.05, 0) is 24.5 Å². The molecule has 0 bridgehead atoms. The third-order valence-corrected chi connectivity index (χ3v) is 5.37. The quantitative estimate of drug-likeness (QED) is 0.721. The third kappa shape index (κ3) is 4.06. The fourth-order valence-corrected chi connectivity index (χ4v) is 3.40. The average Bonchev–Trinajstić information content (AvgIpc) is 2.90. The molecule has 0 amide bonds. The van der Waals surface area contributed by atoms with Gasteiger partial charge in [0, 0.05) is 10.9 Å². The second kappa shape index (κ2) is 6.52. The smallest absolute Gasteiger partial charge is 0.380 e. The zero-order valence-corrected chi connectivity index (χ0v) is 14.1. The summed E-state index contributed by atoms with van der Waals surface area (Å²) in [6.45, 7) is 3.27. The summed E-state index contributed by atoms with van der Waals surface area (Å²) in [6, 6.07) is 6.90. The molecule has 2 rings (SSSR count). The molecule has 0 aliphatic carbocycles. The molecule has 2 aromatic rings. The van der Waals surface area contributed by atoms with E-state index < -0.39 is 32.7 Å². The van der Waals surface area contributed by atoms with Crippen LogP contribution < -0.4 is 4.18 Å². The Morgan fingerprint density at radius 1 is 1.13 bits per heavy atom. The topological polar surface area (TPSA) is 43.4 Å². The molecular formula is C15H15F3O3S2. The van der Waals surface area contributed by atoms with E-state index in [-0.39, 0.29) is 5.56 Å². The van der Waals surface area contributed by atoms with E-state index >= 15 is 0 Å². The van der Waals surface area contributed by atoms with Crippen LogP contribution in [0.1, 0.15) is 24.3 Å². The van der Waals surface area contributed by atoms with E-state index in [4.69, 9.17) is 4.18 Å². The predicted molar refractivity (Wildman–Crippen MR) is 84.2 cm³/mol. The lowest BCUT2D eigenvalue weighted by Gasteiger charge is -2.11. The van der Waals surface area contributed by atoms with E-state index in [2.05, 4.69) is 0 Å². The molecular weight excluding hydrogens is 349 g/mol. The monoisotopic (exact) mass is 364 g/mol. The van der Waals surface area contributed by atoms with Gasteiger partial charge in [-0.15, -0.1) is 11.3 Å². The fraction of sp³-hybridized carbons (Fsp3) is 0.333. The number of rotatable bonds is 5. The molecule has 0 N–H and O–H groups in total. The van der Waals surface area contributed by atoms with Crippen LogP contribution in [0.5, 0.6) is 5.75 Å². The summed E-state index contributed by atoms with van der Waals surface area (Å²) in [5.41, 5.74) is 1.64. The maximum atomic E-state index is 13.1. The second-order valence-corrected chi connectivity index (χ2v) is 7.52. The minimum absolute atomic E-state index is 0.127. The highest BCUT2D eigenvalue weighted by molar-refractivity contribution is 7.87. The summed E-state index contributed by atoms with van der Waals surface area (Å²) >= 11 is 0.425. The number of hydrogen-bond donors (Lipinski definition) is 0. The highest BCUT2D eigenvalue weighted by Gasteiger charge is 2.39. The standard InChI is InChI=1S/C15H15F3O3S2/c1-3-10-5-7-11(8-6-10)12-9-22-14(15(16,17)18)13(12)21-23(19,20)4-2/h5-9H,3-4H2,1-2H3. The molecule has 0 fully saturated rings. The molecule has 8 heteroatoms. The van der Waals surface area contributed by atoms with Crippen molar-refractivity contribution in [3.63, 3.8) is 0 Å². The molecule has 3 nitrogen and oxygen atoms in total. The highest BCUT2D eigenvalue weighted by atomic mass is 32.2. The Morgan fingerprint density at radius 2 is 1.74 bits per heavy atom. The van der Waals surface area contributed by atoms with Crippen LogP contribution in [0.15, 0.2) is 29.6 Å². The number of hydrogen-bond acceptors (Lipinski definition) is 4. The molecule has 1 heterocycles. The van der Waals surface area contributed by atoms with Crippen molar-refractivity contribution in [1.29, 1.82) is 0 Å². The van der Waals surface area contributed by atoms with Gasteiger partial charge in [0.05, 0.1) is 5.75 Å². The van der Waals surface area contributed by atoms with Crippen molar-refractivity contribution in [3.8, 4) is 16.9 Å². The first-order chi connectivity index (χ1) is 10.7. The molecule has 0 atom stereocenters. The Morgan fingerprint density at radius 3 is 2.22 bits per heavy atom. The number of alkyl halides is 3. The zero-order chi connectivity index (χ0) is 17.3. The highest BCUT2D eigenvalue weighted by Crippen LogP contribution is 2.47. The largest absolute Gasteiger partial charge is 0.429 e. The summed E-state index contributed by atoms with van der Waals surface area (Å²) < 4.78 is 67.4. The van der Waals surface area contributed by atoms with Gasteiger partial charge < -0.3 is 4.18 Å². The average molecular weight is 364 g/mol. The lowest BCUT2D eigenvalue weighted by molar-refractivity contribution is -0.135. The molecule has 0 aliphatic rings. The van der Waals surface area contributed by atoms with Gasteiger partial charge in [-0.1, -0.05) is 31.2 Å². The minimum Gasteiger partial charge on any atom is -0.380 e. The number of halogens is 3. The molecule has 23 heavy (non-hydrogen) atoms. The summed E-state index contributed by atoms with van der Waals surface area (Å²) in [4.78, 5) is -1.05. The molecule has 126 valence electrons. The van der Waals surface area contributed by atoms with Crippen LogP contribution in [0.2, 0.25) is 0 Å². The maximum absolute atomic E-state index is 13.1. The normalized spacial score (nSPS) is 12.4. The van der Waals surface area contributed by atoms with Crippen molar-refractivity contribution in [3.05, 3.63) is 40.1 Å². The summed E-state index contributed by atoms with van der Waals surface area (Å²) in [6.07, 6.45) is -3.88. The van der Waals surface area contributed by atoms with E-state index in [0.29, 0.717) is 16.9 Å². The van der Waals surface area contributed by atoms with Crippen molar-refractivity contribution < 1.29 is 25.8 Å². The number of benzene rings is 1. The molecule has 1 aromatic carbocycles. The van der Waals surface area contributed by atoms with Crippen LogP contribution in [0.3, 0.4) is 0 Å². The first-order valence-electron chi connectivity index (χ1n) is 6.88. The van der Waals surface area contributed by atoms with Crippen LogP contribution in [0.25, 0.3) is 11.1 Å². The molecule has 0 saturated heterocycles. The Kier molecular flexibility index (Phi) is 5.05. The van der Waals surface area contributed by atoms with Gasteiger partial charge in [0.2, 0.25) is 0 Å². The minimum atomic E-state index is -4.68. The Hall–Kier alpha value is -1.54. The van der Waals surface area contributed by atoms with Crippen LogP contribution in [0.4, 0.5) is 13.2 Å². The van der Waals surface area contributed by atoms with E-state index in [1.807, 2.05) is 6.92 Å². The van der Waals surface area contributed by atoms with Crippen molar-refractivity contribution in [2.75, 3.05) is 5.75 Å². The molecule has 0 unspecified atom stereocenters. The lowest BCUT2D eigenvalue weighted by atomic mass is 10.0. The third-order valence-electron chi connectivity index (χ3n) is 3.24. The number of aryl methyl sites for hydroxylation is 1. The van der Waals surface area contributed by atoms with Crippen LogP contribution in [-0.4, -0.2) is 14.2 Å². The van der Waals surface area contributed by atoms with E-state index in [9.17, 15) is 21.6 Å². The van der Waals surface area contributed by atoms with Crippen molar-refractivity contribution in [1.82, 2.24) is 0 Å². The number of thiophene rings is 1. The lowest BCUT2D eigenvalue weighted by Crippen LogP contribution is -2.14.